The van der Waals surface area contributed by atoms with E-state index in [0.717, 1.165) is 18.2 Å². The van der Waals surface area contributed by atoms with Gasteiger partial charge in [0.25, 0.3) is 0 Å². The molecule has 1 aliphatic rings. The molecule has 2 unspecified atom stereocenters. The van der Waals surface area contributed by atoms with Gasteiger partial charge >= 0.3 is 0 Å². The summed E-state index contributed by atoms with van der Waals surface area (Å²) in [5.74, 6) is -1.53. The number of nitrogens with two attached hydrogens (primary N) is 1. The fourth-order valence-electron chi connectivity index (χ4n) is 2.68. The molecule has 0 aliphatic carbocycles. The van der Waals surface area contributed by atoms with E-state index in [1.807, 2.05) is 0 Å². The first kappa shape index (κ1) is 17.3. The lowest BCUT2D eigenvalue weighted by Crippen LogP contribution is -2.46. The molecule has 7 heteroatoms. The Balaban J connectivity index is 1.98. The number of rotatable bonds is 4. The average molecular weight is 325 g/mol. The number of amides is 2. The van der Waals surface area contributed by atoms with Gasteiger partial charge in [-0.2, -0.15) is 0 Å². The second-order valence-electron chi connectivity index (χ2n) is 5.81. The van der Waals surface area contributed by atoms with Crippen LogP contribution in [0.3, 0.4) is 0 Å². The Labute approximate surface area is 133 Å². The second kappa shape index (κ2) is 7.50. The molecule has 5 nitrogen and oxygen atoms in total. The van der Waals surface area contributed by atoms with Crippen molar-refractivity contribution < 1.29 is 18.4 Å². The second-order valence-corrected chi connectivity index (χ2v) is 5.81. The van der Waals surface area contributed by atoms with E-state index in [9.17, 15) is 18.4 Å². The van der Waals surface area contributed by atoms with E-state index in [2.05, 4.69) is 5.32 Å². The van der Waals surface area contributed by atoms with Gasteiger partial charge in [-0.1, -0.05) is 0 Å². The molecule has 126 valence electrons. The lowest BCUT2D eigenvalue weighted by molar-refractivity contribution is -0.139. The SMILES string of the molecule is CC1C(=O)NCCCN1C(=O)CC(N)Cc1cc(F)ccc1F. The normalized spacial score (nSPS) is 19.9. The van der Waals surface area contributed by atoms with Gasteiger partial charge in [-0.05, 0) is 43.5 Å². The van der Waals surface area contributed by atoms with Crippen molar-refractivity contribution in [3.8, 4) is 0 Å². The highest BCUT2D eigenvalue weighted by Crippen LogP contribution is 2.14. The molecule has 0 spiro atoms. The van der Waals surface area contributed by atoms with Gasteiger partial charge in [0.05, 0.1) is 0 Å². The summed E-state index contributed by atoms with van der Waals surface area (Å²) < 4.78 is 26.8. The third-order valence-electron chi connectivity index (χ3n) is 3.97. The van der Waals surface area contributed by atoms with Gasteiger partial charge in [-0.25, -0.2) is 8.78 Å². The fourth-order valence-corrected chi connectivity index (χ4v) is 2.68. The summed E-state index contributed by atoms with van der Waals surface area (Å²) >= 11 is 0. The molecule has 1 heterocycles. The first-order chi connectivity index (χ1) is 10.9. The predicted octanol–water partition coefficient (Wildman–Crippen LogP) is 0.962. The highest BCUT2D eigenvalue weighted by molar-refractivity contribution is 5.87. The highest BCUT2D eigenvalue weighted by Gasteiger charge is 2.28. The van der Waals surface area contributed by atoms with Crippen LogP contribution in [-0.4, -0.2) is 41.9 Å². The summed E-state index contributed by atoms with van der Waals surface area (Å²) in [5, 5.41) is 2.73. The van der Waals surface area contributed by atoms with Crippen molar-refractivity contribution in [2.45, 2.75) is 38.3 Å². The van der Waals surface area contributed by atoms with Crippen LogP contribution < -0.4 is 11.1 Å². The minimum atomic E-state index is -0.641. The van der Waals surface area contributed by atoms with Crippen molar-refractivity contribution in [1.29, 1.82) is 0 Å². The minimum Gasteiger partial charge on any atom is -0.354 e. The van der Waals surface area contributed by atoms with Crippen LogP contribution in [0.25, 0.3) is 0 Å². The molecule has 1 aliphatic heterocycles. The van der Waals surface area contributed by atoms with Crippen molar-refractivity contribution in [3.05, 3.63) is 35.4 Å². The number of hydrogen-bond acceptors (Lipinski definition) is 3. The standard InChI is InChI=1S/C16H21F2N3O2/c1-10-16(23)20-5-2-6-21(10)15(22)9-13(19)8-11-7-12(17)3-4-14(11)18/h3-4,7,10,13H,2,5-6,8-9,19H2,1H3,(H,20,23). The van der Waals surface area contributed by atoms with Crippen LogP contribution in [0.5, 0.6) is 0 Å². The molecule has 1 aromatic carbocycles. The number of nitrogens with one attached hydrogen (secondary N) is 1. The van der Waals surface area contributed by atoms with Gasteiger partial charge in [0.15, 0.2) is 0 Å². The predicted molar refractivity (Wildman–Crippen MR) is 81.5 cm³/mol. The summed E-state index contributed by atoms with van der Waals surface area (Å²) in [7, 11) is 0. The topological polar surface area (TPSA) is 75.4 Å². The van der Waals surface area contributed by atoms with E-state index in [4.69, 9.17) is 5.73 Å². The molecule has 0 aromatic heterocycles. The van der Waals surface area contributed by atoms with E-state index >= 15 is 0 Å². The van der Waals surface area contributed by atoms with E-state index in [-0.39, 0.29) is 30.2 Å². The van der Waals surface area contributed by atoms with Gasteiger partial charge in [0.1, 0.15) is 17.7 Å². The quantitative estimate of drug-likeness (QED) is 0.866. The highest BCUT2D eigenvalue weighted by atomic mass is 19.1. The van der Waals surface area contributed by atoms with Crippen molar-refractivity contribution in [1.82, 2.24) is 10.2 Å². The summed E-state index contributed by atoms with van der Waals surface area (Å²) in [5.41, 5.74) is 6.06. The van der Waals surface area contributed by atoms with E-state index in [1.165, 1.54) is 4.90 Å². The first-order valence-corrected chi connectivity index (χ1v) is 7.65. The Hall–Kier alpha value is -2.02. The molecule has 1 aromatic rings. The fraction of sp³-hybridized carbons (Fsp3) is 0.500. The van der Waals surface area contributed by atoms with Crippen molar-refractivity contribution in [2.24, 2.45) is 5.73 Å². The monoisotopic (exact) mass is 325 g/mol. The van der Waals surface area contributed by atoms with Crippen molar-refractivity contribution in [3.63, 3.8) is 0 Å². The number of halogens is 2. The number of nitrogens with zero attached hydrogens (tertiary/aromatic N) is 1. The molecule has 0 saturated carbocycles. The minimum absolute atomic E-state index is 0.0203. The van der Waals surface area contributed by atoms with Gasteiger partial charge in [0.2, 0.25) is 11.8 Å². The summed E-state index contributed by atoms with van der Waals surface area (Å²) in [6, 6.07) is 1.97. The third kappa shape index (κ3) is 4.48. The molecular formula is C16H21F2N3O2. The zero-order valence-electron chi connectivity index (χ0n) is 13.0. The molecule has 0 bridgehead atoms. The smallest absolute Gasteiger partial charge is 0.242 e. The molecule has 2 amide bonds. The molecule has 0 radical (unpaired) electrons. The molecular weight excluding hydrogens is 304 g/mol. The average Bonchev–Trinajstić information content (AvgIpc) is 2.65. The molecule has 23 heavy (non-hydrogen) atoms. The molecule has 2 rings (SSSR count). The van der Waals surface area contributed by atoms with Crippen LogP contribution in [0.15, 0.2) is 18.2 Å². The molecule has 3 N–H and O–H groups in total. The maximum absolute atomic E-state index is 13.6. The zero-order chi connectivity index (χ0) is 17.0. The van der Waals surface area contributed by atoms with Crippen LogP contribution in [0, 0.1) is 11.6 Å². The van der Waals surface area contributed by atoms with E-state index in [1.54, 1.807) is 6.92 Å². The Kier molecular flexibility index (Phi) is 5.65. The van der Waals surface area contributed by atoms with Crippen LogP contribution >= 0.6 is 0 Å². The van der Waals surface area contributed by atoms with Gasteiger partial charge in [0, 0.05) is 25.6 Å². The Bertz CT molecular complexity index is 595. The number of benzene rings is 1. The van der Waals surface area contributed by atoms with Crippen molar-refractivity contribution in [2.75, 3.05) is 13.1 Å². The van der Waals surface area contributed by atoms with Crippen LogP contribution in [-0.2, 0) is 16.0 Å². The molecule has 2 atom stereocenters. The third-order valence-corrected chi connectivity index (χ3v) is 3.97. The lowest BCUT2D eigenvalue weighted by Gasteiger charge is -2.26. The van der Waals surface area contributed by atoms with Crippen molar-refractivity contribution >= 4 is 11.8 Å². The van der Waals surface area contributed by atoms with E-state index in [0.29, 0.717) is 19.5 Å². The van der Waals surface area contributed by atoms with Crippen LogP contribution in [0.4, 0.5) is 8.78 Å². The molecule has 1 saturated heterocycles. The van der Waals surface area contributed by atoms with Crippen LogP contribution in [0.1, 0.15) is 25.3 Å². The largest absolute Gasteiger partial charge is 0.354 e. The Morgan fingerprint density at radius 3 is 2.96 bits per heavy atom. The number of carbonyl (C=O) groups is 2. The summed E-state index contributed by atoms with van der Waals surface area (Å²) in [6.07, 6.45) is 0.715. The van der Waals surface area contributed by atoms with E-state index < -0.39 is 23.7 Å². The van der Waals surface area contributed by atoms with Gasteiger partial charge in [-0.3, -0.25) is 9.59 Å². The zero-order valence-corrected chi connectivity index (χ0v) is 13.0. The van der Waals surface area contributed by atoms with Crippen LogP contribution in [0.2, 0.25) is 0 Å². The van der Waals surface area contributed by atoms with Gasteiger partial charge in [-0.15, -0.1) is 0 Å². The number of carbonyl (C=O) groups excluding carboxylic acids is 2. The lowest BCUT2D eigenvalue weighted by atomic mass is 10.0. The maximum atomic E-state index is 13.6. The summed E-state index contributed by atoms with van der Waals surface area (Å²) in [6.45, 7) is 2.67. The number of hydrogen-bond donors (Lipinski definition) is 2. The summed E-state index contributed by atoms with van der Waals surface area (Å²) in [4.78, 5) is 25.6. The first-order valence-electron chi connectivity index (χ1n) is 7.65. The Morgan fingerprint density at radius 2 is 2.22 bits per heavy atom. The Morgan fingerprint density at radius 1 is 1.48 bits per heavy atom. The molecule has 1 fully saturated rings. The van der Waals surface area contributed by atoms with Gasteiger partial charge < -0.3 is 16.0 Å². The maximum Gasteiger partial charge on any atom is 0.242 e.